The van der Waals surface area contributed by atoms with Gasteiger partial charge in [0.2, 0.25) is 0 Å². The molecule has 0 saturated heterocycles. The summed E-state index contributed by atoms with van der Waals surface area (Å²) < 4.78 is 0. The van der Waals surface area contributed by atoms with Gasteiger partial charge in [0.15, 0.2) is 0 Å². The Morgan fingerprint density at radius 3 is 2.72 bits per heavy atom. The van der Waals surface area contributed by atoms with Crippen molar-refractivity contribution in [2.24, 2.45) is 11.8 Å². The van der Waals surface area contributed by atoms with Crippen LogP contribution >= 0.6 is 11.3 Å². The van der Waals surface area contributed by atoms with Crippen molar-refractivity contribution in [3.05, 3.63) is 16.1 Å². The summed E-state index contributed by atoms with van der Waals surface area (Å²) in [4.78, 5) is 4.84. The first kappa shape index (κ1) is 14.0. The van der Waals surface area contributed by atoms with E-state index in [1.165, 1.54) is 36.4 Å². The van der Waals surface area contributed by atoms with Crippen molar-refractivity contribution in [3.63, 3.8) is 0 Å². The molecule has 3 atom stereocenters. The molecule has 1 N–H and O–H groups in total. The van der Waals surface area contributed by atoms with Crippen LogP contribution in [0.5, 0.6) is 0 Å². The number of thiazole rings is 1. The van der Waals surface area contributed by atoms with Crippen molar-refractivity contribution in [2.75, 3.05) is 7.05 Å². The lowest BCUT2D eigenvalue weighted by Crippen LogP contribution is -2.28. The minimum atomic E-state index is 0.463. The van der Waals surface area contributed by atoms with Crippen LogP contribution in [0.2, 0.25) is 0 Å². The maximum atomic E-state index is 4.84. The van der Waals surface area contributed by atoms with E-state index in [1.807, 2.05) is 11.3 Å². The highest BCUT2D eigenvalue weighted by molar-refractivity contribution is 7.09. The molecule has 0 radical (unpaired) electrons. The molecule has 3 heteroatoms. The average molecular weight is 266 g/mol. The lowest BCUT2D eigenvalue weighted by Gasteiger charge is -2.32. The maximum absolute atomic E-state index is 4.84. The van der Waals surface area contributed by atoms with E-state index in [2.05, 4.69) is 38.5 Å². The zero-order chi connectivity index (χ0) is 13.1. The van der Waals surface area contributed by atoms with Crippen LogP contribution in [0.4, 0.5) is 0 Å². The lowest BCUT2D eigenvalue weighted by molar-refractivity contribution is 0.229. The first-order valence-corrected chi connectivity index (χ1v) is 8.12. The largest absolute Gasteiger partial charge is 0.311 e. The van der Waals surface area contributed by atoms with Crippen molar-refractivity contribution >= 4 is 11.3 Å². The fourth-order valence-corrected chi connectivity index (χ4v) is 4.23. The molecule has 0 aromatic carbocycles. The summed E-state index contributed by atoms with van der Waals surface area (Å²) in [5.74, 6) is 2.19. The van der Waals surface area contributed by atoms with Gasteiger partial charge in [-0.3, -0.25) is 0 Å². The molecule has 1 heterocycles. The average Bonchev–Trinajstić information content (AvgIpc) is 2.80. The van der Waals surface area contributed by atoms with Gasteiger partial charge in [-0.1, -0.05) is 33.6 Å². The third-order valence-corrected chi connectivity index (χ3v) is 5.10. The Morgan fingerprint density at radius 1 is 1.39 bits per heavy atom. The molecule has 2 rings (SSSR count). The summed E-state index contributed by atoms with van der Waals surface area (Å²) >= 11 is 1.83. The van der Waals surface area contributed by atoms with E-state index < -0.39 is 0 Å². The van der Waals surface area contributed by atoms with Gasteiger partial charge in [0.1, 0.15) is 5.01 Å². The Morgan fingerprint density at radius 2 is 2.17 bits per heavy atom. The second-order valence-electron chi connectivity index (χ2n) is 6.06. The predicted octanol–water partition coefficient (Wildman–Crippen LogP) is 4.35. The van der Waals surface area contributed by atoms with Crippen molar-refractivity contribution in [2.45, 2.75) is 58.4 Å². The van der Waals surface area contributed by atoms with Gasteiger partial charge in [-0.25, -0.2) is 4.98 Å². The van der Waals surface area contributed by atoms with Crippen molar-refractivity contribution in [1.29, 1.82) is 0 Å². The van der Waals surface area contributed by atoms with Crippen LogP contribution in [0.1, 0.15) is 69.1 Å². The zero-order valence-corrected chi connectivity index (χ0v) is 12.9. The van der Waals surface area contributed by atoms with Gasteiger partial charge in [0, 0.05) is 5.38 Å². The van der Waals surface area contributed by atoms with Crippen LogP contribution in [0.3, 0.4) is 0 Å². The lowest BCUT2D eigenvalue weighted by atomic mass is 9.79. The van der Waals surface area contributed by atoms with E-state index >= 15 is 0 Å². The number of aromatic nitrogens is 1. The second-order valence-corrected chi connectivity index (χ2v) is 6.95. The van der Waals surface area contributed by atoms with Crippen molar-refractivity contribution < 1.29 is 0 Å². The molecule has 1 aliphatic rings. The van der Waals surface area contributed by atoms with E-state index in [0.29, 0.717) is 12.0 Å². The molecule has 2 nitrogen and oxygen atoms in total. The van der Waals surface area contributed by atoms with Crippen molar-refractivity contribution in [1.82, 2.24) is 10.3 Å². The third kappa shape index (κ3) is 3.12. The fraction of sp³-hybridized carbons (Fsp3) is 0.800. The summed E-state index contributed by atoms with van der Waals surface area (Å²) in [5, 5.41) is 7.03. The highest BCUT2D eigenvalue weighted by atomic mass is 32.1. The van der Waals surface area contributed by atoms with E-state index in [9.17, 15) is 0 Å². The van der Waals surface area contributed by atoms with Crippen molar-refractivity contribution in [3.8, 4) is 0 Å². The normalized spacial score (nSPS) is 26.5. The molecule has 18 heavy (non-hydrogen) atoms. The minimum absolute atomic E-state index is 0.463. The summed E-state index contributed by atoms with van der Waals surface area (Å²) in [5.41, 5.74) is 1.25. The molecule has 1 aromatic rings. The SMILES string of the molecule is CNC(c1nc(C(C)C)cs1)C1CCCC(C)C1. The molecule has 0 aliphatic heterocycles. The maximum Gasteiger partial charge on any atom is 0.110 e. The van der Waals surface area contributed by atoms with Gasteiger partial charge >= 0.3 is 0 Å². The third-order valence-electron chi connectivity index (χ3n) is 4.16. The van der Waals surface area contributed by atoms with Crippen LogP contribution in [0, 0.1) is 11.8 Å². The minimum Gasteiger partial charge on any atom is -0.311 e. The number of nitrogens with one attached hydrogen (secondary N) is 1. The zero-order valence-electron chi connectivity index (χ0n) is 12.1. The van der Waals surface area contributed by atoms with Gasteiger partial charge in [-0.15, -0.1) is 11.3 Å². The molecule has 0 bridgehead atoms. The van der Waals surface area contributed by atoms with Crippen LogP contribution in [0.25, 0.3) is 0 Å². The molecule has 3 unspecified atom stereocenters. The van der Waals surface area contributed by atoms with E-state index in [4.69, 9.17) is 4.98 Å². The smallest absolute Gasteiger partial charge is 0.110 e. The topological polar surface area (TPSA) is 24.9 Å². The molecule has 0 amide bonds. The first-order chi connectivity index (χ1) is 8.61. The molecule has 1 aliphatic carbocycles. The molecule has 1 fully saturated rings. The Labute approximate surface area is 115 Å². The van der Waals surface area contributed by atoms with Crippen LogP contribution in [0.15, 0.2) is 5.38 Å². The number of nitrogens with zero attached hydrogens (tertiary/aromatic N) is 1. The first-order valence-electron chi connectivity index (χ1n) is 7.24. The Balaban J connectivity index is 2.11. The predicted molar refractivity (Wildman–Crippen MR) is 79.1 cm³/mol. The van der Waals surface area contributed by atoms with E-state index in [0.717, 1.165) is 11.8 Å². The molecule has 1 saturated carbocycles. The summed E-state index contributed by atoms with van der Waals surface area (Å²) in [6.07, 6.45) is 5.49. The van der Waals surface area contributed by atoms with Gasteiger partial charge in [0.25, 0.3) is 0 Å². The number of hydrogen-bond donors (Lipinski definition) is 1. The molecule has 0 spiro atoms. The van der Waals surface area contributed by atoms with E-state index in [1.54, 1.807) is 0 Å². The van der Waals surface area contributed by atoms with Gasteiger partial charge in [-0.05, 0) is 37.6 Å². The summed E-state index contributed by atoms with van der Waals surface area (Å²) in [6, 6.07) is 0.463. The summed E-state index contributed by atoms with van der Waals surface area (Å²) in [7, 11) is 2.08. The highest BCUT2D eigenvalue weighted by Crippen LogP contribution is 2.38. The monoisotopic (exact) mass is 266 g/mol. The Kier molecular flexibility index (Phi) is 4.79. The standard InChI is InChI=1S/C15H26N2S/c1-10(2)13-9-18-15(17-13)14(16-4)12-7-5-6-11(3)8-12/h9-12,14,16H,5-8H2,1-4H3. The van der Waals surface area contributed by atoms with E-state index in [-0.39, 0.29) is 0 Å². The molecular weight excluding hydrogens is 240 g/mol. The summed E-state index contributed by atoms with van der Waals surface area (Å²) in [6.45, 7) is 6.83. The van der Waals surface area contributed by atoms with Crippen LogP contribution in [-0.4, -0.2) is 12.0 Å². The van der Waals surface area contributed by atoms with Gasteiger partial charge < -0.3 is 5.32 Å². The van der Waals surface area contributed by atoms with Crippen LogP contribution in [-0.2, 0) is 0 Å². The quantitative estimate of drug-likeness (QED) is 0.876. The van der Waals surface area contributed by atoms with Gasteiger partial charge in [0.05, 0.1) is 11.7 Å². The highest BCUT2D eigenvalue weighted by Gasteiger charge is 2.28. The number of rotatable bonds is 4. The second kappa shape index (κ2) is 6.16. The number of hydrogen-bond acceptors (Lipinski definition) is 3. The van der Waals surface area contributed by atoms with Gasteiger partial charge in [-0.2, -0.15) is 0 Å². The Bertz CT molecular complexity index is 372. The molecular formula is C15H26N2S. The molecule has 102 valence electrons. The van der Waals surface area contributed by atoms with Crippen LogP contribution < -0.4 is 5.32 Å². The fourth-order valence-electron chi connectivity index (χ4n) is 3.05. The molecule has 1 aromatic heterocycles. The Hall–Kier alpha value is -0.410.